The van der Waals surface area contributed by atoms with Crippen LogP contribution in [0.2, 0.25) is 0 Å². The summed E-state index contributed by atoms with van der Waals surface area (Å²) in [5, 5.41) is 0. The lowest BCUT2D eigenvalue weighted by molar-refractivity contribution is -0.140. The highest BCUT2D eigenvalue weighted by Gasteiger charge is 2.13. The summed E-state index contributed by atoms with van der Waals surface area (Å²) in [7, 11) is 1.38. The molecule has 0 rings (SSSR count). The van der Waals surface area contributed by atoms with Crippen molar-refractivity contribution >= 4 is 21.9 Å². The predicted molar refractivity (Wildman–Crippen MR) is 55.1 cm³/mol. The van der Waals surface area contributed by atoms with Crippen molar-refractivity contribution in [2.45, 2.75) is 31.0 Å². The first-order chi connectivity index (χ1) is 6.22. The Hall–Kier alpha value is -0.0900. The Morgan fingerprint density at radius 1 is 1.46 bits per heavy atom. The molecule has 0 aliphatic rings. The molecule has 0 heterocycles. The van der Waals surface area contributed by atoms with Crippen LogP contribution >= 0.6 is 15.9 Å². The Labute approximate surface area is 87.9 Å². The van der Waals surface area contributed by atoms with Crippen LogP contribution < -0.4 is 0 Å². The van der Waals surface area contributed by atoms with E-state index in [0.29, 0.717) is 13.0 Å². The normalized spacial score (nSPS) is 12.5. The van der Waals surface area contributed by atoms with E-state index in [0.717, 1.165) is 19.4 Å². The number of ether oxygens (including phenoxy) is 2. The third-order valence-electron chi connectivity index (χ3n) is 1.61. The van der Waals surface area contributed by atoms with Gasteiger partial charge in [0.15, 0.2) is 0 Å². The van der Waals surface area contributed by atoms with Crippen LogP contribution in [0.4, 0.5) is 0 Å². The molecular formula is C9H17BrO3. The summed E-state index contributed by atoms with van der Waals surface area (Å²) in [4.78, 5) is 10.7. The highest BCUT2D eigenvalue weighted by atomic mass is 79.9. The van der Waals surface area contributed by atoms with Crippen molar-refractivity contribution in [3.8, 4) is 0 Å². The minimum absolute atomic E-state index is 0.237. The zero-order valence-electron chi connectivity index (χ0n) is 8.22. The van der Waals surface area contributed by atoms with Gasteiger partial charge < -0.3 is 9.47 Å². The van der Waals surface area contributed by atoms with Gasteiger partial charge in [-0.05, 0) is 12.8 Å². The molecule has 0 saturated carbocycles. The van der Waals surface area contributed by atoms with E-state index in [4.69, 9.17) is 4.74 Å². The van der Waals surface area contributed by atoms with E-state index in [1.165, 1.54) is 7.11 Å². The van der Waals surface area contributed by atoms with Gasteiger partial charge in [-0.15, -0.1) is 0 Å². The molecule has 0 spiro atoms. The largest absolute Gasteiger partial charge is 0.468 e. The molecule has 0 bridgehead atoms. The minimum atomic E-state index is -0.237. The third-order valence-corrected chi connectivity index (χ3v) is 2.45. The maximum atomic E-state index is 10.9. The van der Waals surface area contributed by atoms with Crippen LogP contribution in [-0.2, 0) is 14.3 Å². The van der Waals surface area contributed by atoms with Gasteiger partial charge in [0, 0.05) is 13.2 Å². The average Bonchev–Trinajstić information content (AvgIpc) is 2.16. The van der Waals surface area contributed by atoms with Gasteiger partial charge in [0.05, 0.1) is 7.11 Å². The number of unbranched alkanes of at least 4 members (excludes halogenated alkanes) is 1. The van der Waals surface area contributed by atoms with Crippen molar-refractivity contribution in [3.05, 3.63) is 0 Å². The van der Waals surface area contributed by atoms with Crippen LogP contribution in [0.1, 0.15) is 26.2 Å². The number of esters is 1. The van der Waals surface area contributed by atoms with Gasteiger partial charge in [0.1, 0.15) is 4.83 Å². The Kier molecular flexibility index (Phi) is 8.45. The third kappa shape index (κ3) is 7.02. The molecule has 0 fully saturated rings. The molecule has 0 aliphatic heterocycles. The van der Waals surface area contributed by atoms with Gasteiger partial charge in [0.25, 0.3) is 0 Å². The summed E-state index contributed by atoms with van der Waals surface area (Å²) in [5.74, 6) is -0.237. The first-order valence-corrected chi connectivity index (χ1v) is 5.43. The van der Waals surface area contributed by atoms with Crippen molar-refractivity contribution in [1.29, 1.82) is 0 Å². The van der Waals surface area contributed by atoms with Crippen LogP contribution in [0.25, 0.3) is 0 Å². The number of hydrogen-bond donors (Lipinski definition) is 0. The van der Waals surface area contributed by atoms with Crippen molar-refractivity contribution in [3.63, 3.8) is 0 Å². The highest BCUT2D eigenvalue weighted by molar-refractivity contribution is 9.10. The molecule has 13 heavy (non-hydrogen) atoms. The Balaban J connectivity index is 3.26. The zero-order chi connectivity index (χ0) is 10.1. The van der Waals surface area contributed by atoms with E-state index in [1.54, 1.807) is 0 Å². The molecule has 0 saturated heterocycles. The summed E-state index contributed by atoms with van der Waals surface area (Å²) in [6.07, 6.45) is 2.87. The number of carbonyl (C=O) groups excluding carboxylic acids is 1. The topological polar surface area (TPSA) is 35.5 Å². The Bertz CT molecular complexity index is 139. The summed E-state index contributed by atoms with van der Waals surface area (Å²) in [6.45, 7) is 3.49. The molecule has 0 aliphatic carbocycles. The molecule has 1 atom stereocenters. The first kappa shape index (κ1) is 12.9. The maximum absolute atomic E-state index is 10.9. The van der Waals surface area contributed by atoms with Gasteiger partial charge in [-0.2, -0.15) is 0 Å². The van der Waals surface area contributed by atoms with E-state index in [-0.39, 0.29) is 10.8 Å². The number of methoxy groups -OCH3 is 1. The predicted octanol–water partition coefficient (Wildman–Crippen LogP) is 2.13. The molecule has 0 amide bonds. The van der Waals surface area contributed by atoms with Crippen molar-refractivity contribution in [2.75, 3.05) is 20.3 Å². The van der Waals surface area contributed by atoms with Crippen molar-refractivity contribution in [2.24, 2.45) is 0 Å². The van der Waals surface area contributed by atoms with Crippen molar-refractivity contribution < 1.29 is 14.3 Å². The second-order valence-electron chi connectivity index (χ2n) is 2.75. The van der Waals surface area contributed by atoms with Crippen LogP contribution in [0.15, 0.2) is 0 Å². The first-order valence-electron chi connectivity index (χ1n) is 4.52. The molecule has 0 N–H and O–H groups in total. The molecule has 3 nitrogen and oxygen atoms in total. The number of halogens is 1. The van der Waals surface area contributed by atoms with Crippen LogP contribution in [-0.4, -0.2) is 31.1 Å². The Morgan fingerprint density at radius 3 is 2.69 bits per heavy atom. The SMILES string of the molecule is CCCCOCCC(Br)C(=O)OC. The summed E-state index contributed by atoms with van der Waals surface area (Å²) in [6, 6.07) is 0. The fraction of sp³-hybridized carbons (Fsp3) is 0.889. The molecule has 0 radical (unpaired) electrons. The van der Waals surface area contributed by atoms with Gasteiger partial charge >= 0.3 is 5.97 Å². The summed E-state index contributed by atoms with van der Waals surface area (Å²) < 4.78 is 9.85. The zero-order valence-corrected chi connectivity index (χ0v) is 9.80. The number of carbonyl (C=O) groups is 1. The van der Waals surface area contributed by atoms with Crippen LogP contribution in [0, 0.1) is 0 Å². The molecule has 1 unspecified atom stereocenters. The second kappa shape index (κ2) is 8.51. The van der Waals surface area contributed by atoms with Gasteiger partial charge in [-0.3, -0.25) is 4.79 Å². The lowest BCUT2D eigenvalue weighted by Gasteiger charge is -2.07. The molecule has 0 aromatic carbocycles. The summed E-state index contributed by atoms with van der Waals surface area (Å²) >= 11 is 3.22. The average molecular weight is 253 g/mol. The number of hydrogen-bond acceptors (Lipinski definition) is 3. The van der Waals surface area contributed by atoms with E-state index in [1.807, 2.05) is 0 Å². The van der Waals surface area contributed by atoms with E-state index < -0.39 is 0 Å². The van der Waals surface area contributed by atoms with Gasteiger partial charge in [-0.25, -0.2) is 0 Å². The number of rotatable bonds is 7. The lowest BCUT2D eigenvalue weighted by Crippen LogP contribution is -2.17. The smallest absolute Gasteiger partial charge is 0.319 e. The number of alkyl halides is 1. The monoisotopic (exact) mass is 252 g/mol. The molecule has 0 aromatic heterocycles. The van der Waals surface area contributed by atoms with Gasteiger partial charge in [-0.1, -0.05) is 29.3 Å². The maximum Gasteiger partial charge on any atom is 0.319 e. The quantitative estimate of drug-likeness (QED) is 0.396. The van der Waals surface area contributed by atoms with Crippen LogP contribution in [0.3, 0.4) is 0 Å². The molecule has 0 aromatic rings. The molecule has 4 heteroatoms. The molecular weight excluding hydrogens is 236 g/mol. The van der Waals surface area contributed by atoms with E-state index >= 15 is 0 Å². The highest BCUT2D eigenvalue weighted by Crippen LogP contribution is 2.07. The fourth-order valence-electron chi connectivity index (χ4n) is 0.781. The summed E-state index contributed by atoms with van der Waals surface area (Å²) in [5.41, 5.74) is 0. The minimum Gasteiger partial charge on any atom is -0.468 e. The van der Waals surface area contributed by atoms with E-state index in [9.17, 15) is 4.79 Å². The second-order valence-corrected chi connectivity index (χ2v) is 3.85. The van der Waals surface area contributed by atoms with Crippen LogP contribution in [0.5, 0.6) is 0 Å². The lowest BCUT2D eigenvalue weighted by atomic mass is 10.3. The Morgan fingerprint density at radius 2 is 2.15 bits per heavy atom. The van der Waals surface area contributed by atoms with Gasteiger partial charge in [0.2, 0.25) is 0 Å². The standard InChI is InChI=1S/C9H17BrO3/c1-3-4-6-13-7-5-8(10)9(11)12-2/h8H,3-7H2,1-2H3. The van der Waals surface area contributed by atoms with E-state index in [2.05, 4.69) is 27.6 Å². The fourth-order valence-corrected chi connectivity index (χ4v) is 1.15. The molecule has 78 valence electrons. The van der Waals surface area contributed by atoms with Crippen molar-refractivity contribution in [1.82, 2.24) is 0 Å².